The molecule has 0 radical (unpaired) electrons. The van der Waals surface area contributed by atoms with Crippen LogP contribution < -0.4 is 5.32 Å². The van der Waals surface area contributed by atoms with Crippen LogP contribution in [0.5, 0.6) is 0 Å². The maximum Gasteiger partial charge on any atom is 0.249 e. The van der Waals surface area contributed by atoms with E-state index in [1.165, 1.54) is 116 Å². The van der Waals surface area contributed by atoms with Crippen LogP contribution in [0.25, 0.3) is 0 Å². The number of carbonyl (C=O) groups excluding carboxylic acids is 1. The van der Waals surface area contributed by atoms with Gasteiger partial charge in [0.1, 0.15) is 36.6 Å². The Labute approximate surface area is 371 Å². The summed E-state index contributed by atoms with van der Waals surface area (Å²) in [6, 6.07) is -1.19. The number of rotatable bonds is 41. The first-order valence-corrected chi connectivity index (χ1v) is 24.9. The average Bonchev–Trinajstić information content (AvgIpc) is 3.26. The third kappa shape index (κ3) is 29.4. The lowest BCUT2D eigenvalue weighted by atomic mass is 9.98. The standard InChI is InChI=1S/C50H93NO10/c1-3-5-7-9-11-13-15-17-19-20-21-22-23-24-26-27-29-31-33-35-37-42(53)45(55)41(40-60-50-48(58)47(57)46(56)44(39-52)61-50)51-49(59)43(54)38-36-34-32-30-28-25-18-16-14-12-10-8-6-4-2/h19-20,23-24,29,31,41-48,50,52-58H,3-18,21-22,25-28,30,32-40H2,1-2H3,(H,51,59)/b20-19+,24-23+,31-29+. The molecule has 1 saturated heterocycles. The fraction of sp³-hybridized carbons (Fsp3) is 0.860. The maximum atomic E-state index is 13.1. The SMILES string of the molecule is CCCCCCCCC/C=C/CC/C=C/CC/C=C/CCCC(O)C(O)C(COC1OC(CO)C(O)C(O)C1O)NC(=O)C(O)CCCCCCCCCCCCCCCC. The lowest BCUT2D eigenvalue weighted by molar-refractivity contribution is -0.303. The van der Waals surface area contributed by atoms with E-state index >= 15 is 0 Å². The number of nitrogens with one attached hydrogen (secondary N) is 1. The topological polar surface area (TPSA) is 189 Å². The van der Waals surface area contributed by atoms with Gasteiger partial charge in [0.25, 0.3) is 0 Å². The molecule has 1 rings (SSSR count). The Morgan fingerprint density at radius 2 is 0.984 bits per heavy atom. The summed E-state index contributed by atoms with van der Waals surface area (Å²) in [5, 5.41) is 75.7. The first-order valence-electron chi connectivity index (χ1n) is 24.9. The molecule has 0 aromatic rings. The lowest BCUT2D eigenvalue weighted by Gasteiger charge is -2.40. The van der Waals surface area contributed by atoms with Crippen LogP contribution in [0.4, 0.5) is 0 Å². The van der Waals surface area contributed by atoms with Gasteiger partial charge in [-0.15, -0.1) is 0 Å². The van der Waals surface area contributed by atoms with E-state index in [1.54, 1.807) is 0 Å². The Morgan fingerprint density at radius 3 is 1.46 bits per heavy atom. The normalized spacial score (nSPS) is 21.8. The number of ether oxygens (including phenoxy) is 2. The van der Waals surface area contributed by atoms with Crippen molar-refractivity contribution < 1.29 is 50.0 Å². The minimum atomic E-state index is -1.67. The fourth-order valence-corrected chi connectivity index (χ4v) is 7.77. The second-order valence-electron chi connectivity index (χ2n) is 17.5. The van der Waals surface area contributed by atoms with Crippen LogP contribution in [0.1, 0.15) is 206 Å². The Hall–Kier alpha value is -1.67. The van der Waals surface area contributed by atoms with Crippen LogP contribution in [0.15, 0.2) is 36.5 Å². The molecule has 0 bridgehead atoms. The third-order valence-corrected chi connectivity index (χ3v) is 11.9. The van der Waals surface area contributed by atoms with Gasteiger partial charge in [0.15, 0.2) is 6.29 Å². The number of amides is 1. The molecule has 358 valence electrons. The van der Waals surface area contributed by atoms with E-state index in [2.05, 4.69) is 55.6 Å². The molecule has 0 spiro atoms. The smallest absolute Gasteiger partial charge is 0.249 e. The van der Waals surface area contributed by atoms with Crippen LogP contribution in [0.3, 0.4) is 0 Å². The number of hydrogen-bond donors (Lipinski definition) is 8. The summed E-state index contributed by atoms with van der Waals surface area (Å²) in [5.74, 6) is -0.712. The zero-order valence-electron chi connectivity index (χ0n) is 38.6. The van der Waals surface area contributed by atoms with E-state index in [1.807, 2.05) is 0 Å². The van der Waals surface area contributed by atoms with E-state index in [9.17, 15) is 40.5 Å². The first-order chi connectivity index (χ1) is 29.7. The predicted molar refractivity (Wildman–Crippen MR) is 247 cm³/mol. The van der Waals surface area contributed by atoms with Gasteiger partial charge in [-0.2, -0.15) is 0 Å². The molecule has 1 heterocycles. The molecule has 0 aromatic heterocycles. The largest absolute Gasteiger partial charge is 0.394 e. The van der Waals surface area contributed by atoms with E-state index < -0.39 is 74.2 Å². The second kappa shape index (κ2) is 39.9. The van der Waals surface area contributed by atoms with Crippen molar-refractivity contribution in [3.63, 3.8) is 0 Å². The maximum absolute atomic E-state index is 13.1. The van der Waals surface area contributed by atoms with Gasteiger partial charge < -0.3 is 50.5 Å². The number of allylic oxidation sites excluding steroid dienone is 6. The molecule has 9 unspecified atom stereocenters. The Kier molecular flexibility index (Phi) is 37.5. The van der Waals surface area contributed by atoms with Crippen molar-refractivity contribution in [1.29, 1.82) is 0 Å². The zero-order chi connectivity index (χ0) is 44.8. The third-order valence-electron chi connectivity index (χ3n) is 11.9. The molecule has 0 aromatic carbocycles. The van der Waals surface area contributed by atoms with Crippen LogP contribution >= 0.6 is 0 Å². The molecule has 0 saturated carbocycles. The molecule has 9 atom stereocenters. The monoisotopic (exact) mass is 868 g/mol. The van der Waals surface area contributed by atoms with E-state index in [0.717, 1.165) is 44.9 Å². The molecular weight excluding hydrogens is 775 g/mol. The van der Waals surface area contributed by atoms with Crippen molar-refractivity contribution in [2.75, 3.05) is 13.2 Å². The predicted octanol–water partition coefficient (Wildman–Crippen LogP) is 8.78. The minimum Gasteiger partial charge on any atom is -0.394 e. The van der Waals surface area contributed by atoms with Gasteiger partial charge in [-0.05, 0) is 64.2 Å². The molecular formula is C50H93NO10. The van der Waals surface area contributed by atoms with Gasteiger partial charge >= 0.3 is 0 Å². The van der Waals surface area contributed by atoms with E-state index in [0.29, 0.717) is 19.3 Å². The van der Waals surface area contributed by atoms with E-state index in [-0.39, 0.29) is 12.8 Å². The first kappa shape index (κ1) is 57.3. The van der Waals surface area contributed by atoms with Crippen LogP contribution in [0, 0.1) is 0 Å². The van der Waals surface area contributed by atoms with Gasteiger partial charge in [0.2, 0.25) is 5.91 Å². The summed E-state index contributed by atoms with van der Waals surface area (Å²) >= 11 is 0. The van der Waals surface area contributed by atoms with Gasteiger partial charge in [-0.25, -0.2) is 0 Å². The molecule has 61 heavy (non-hydrogen) atoms. The second-order valence-corrected chi connectivity index (χ2v) is 17.5. The number of carbonyl (C=O) groups is 1. The van der Waals surface area contributed by atoms with Gasteiger partial charge in [0.05, 0.1) is 25.4 Å². The summed E-state index contributed by atoms with van der Waals surface area (Å²) in [5.41, 5.74) is 0. The Morgan fingerprint density at radius 1 is 0.557 bits per heavy atom. The summed E-state index contributed by atoms with van der Waals surface area (Å²) in [6.07, 6.45) is 34.8. The molecule has 1 fully saturated rings. The lowest BCUT2D eigenvalue weighted by Crippen LogP contribution is -2.60. The van der Waals surface area contributed by atoms with Crippen molar-refractivity contribution in [1.82, 2.24) is 5.32 Å². The average molecular weight is 868 g/mol. The quantitative estimate of drug-likeness (QED) is 0.0218. The van der Waals surface area contributed by atoms with Gasteiger partial charge in [0, 0.05) is 0 Å². The van der Waals surface area contributed by atoms with Crippen LogP contribution in [-0.4, -0.2) is 110 Å². The Balaban J connectivity index is 2.46. The van der Waals surface area contributed by atoms with Crippen molar-refractivity contribution in [3.8, 4) is 0 Å². The highest BCUT2D eigenvalue weighted by Crippen LogP contribution is 2.23. The minimum absolute atomic E-state index is 0.242. The van der Waals surface area contributed by atoms with Crippen LogP contribution in [0.2, 0.25) is 0 Å². The van der Waals surface area contributed by atoms with Gasteiger partial charge in [-0.1, -0.05) is 179 Å². The fourth-order valence-electron chi connectivity index (χ4n) is 7.77. The van der Waals surface area contributed by atoms with Crippen LogP contribution in [-0.2, 0) is 14.3 Å². The molecule has 8 N–H and O–H groups in total. The van der Waals surface area contributed by atoms with Crippen molar-refractivity contribution in [3.05, 3.63) is 36.5 Å². The number of unbranched alkanes of at least 4 members (excludes halogenated alkanes) is 23. The number of aliphatic hydroxyl groups is 7. The van der Waals surface area contributed by atoms with Gasteiger partial charge in [-0.3, -0.25) is 4.79 Å². The zero-order valence-corrected chi connectivity index (χ0v) is 38.6. The number of hydrogen-bond acceptors (Lipinski definition) is 10. The highest BCUT2D eigenvalue weighted by atomic mass is 16.7. The van der Waals surface area contributed by atoms with Crippen molar-refractivity contribution in [2.45, 2.75) is 262 Å². The molecule has 1 aliphatic heterocycles. The van der Waals surface area contributed by atoms with E-state index in [4.69, 9.17) is 9.47 Å². The van der Waals surface area contributed by atoms with Crippen molar-refractivity contribution in [2.24, 2.45) is 0 Å². The molecule has 11 nitrogen and oxygen atoms in total. The summed E-state index contributed by atoms with van der Waals surface area (Å²) in [7, 11) is 0. The summed E-state index contributed by atoms with van der Waals surface area (Å²) in [4.78, 5) is 13.1. The number of aliphatic hydroxyl groups excluding tert-OH is 7. The molecule has 0 aliphatic carbocycles. The summed E-state index contributed by atoms with van der Waals surface area (Å²) in [6.45, 7) is 3.41. The highest BCUT2D eigenvalue weighted by molar-refractivity contribution is 5.80. The highest BCUT2D eigenvalue weighted by Gasteiger charge is 2.44. The molecule has 11 heteroatoms. The summed E-state index contributed by atoms with van der Waals surface area (Å²) < 4.78 is 11.1. The molecule has 1 amide bonds. The van der Waals surface area contributed by atoms with Crippen molar-refractivity contribution >= 4 is 5.91 Å². The molecule has 1 aliphatic rings. The Bertz CT molecular complexity index is 1090.